The maximum Gasteiger partial charge on any atom is 0.200 e. The minimum atomic E-state index is -3.43. The highest BCUT2D eigenvalue weighted by Gasteiger charge is 2.31. The monoisotopic (exact) mass is 323 g/mol. The molecule has 6 nitrogen and oxygen atoms in total. The number of aryl methyl sites for hydroxylation is 1. The van der Waals surface area contributed by atoms with Gasteiger partial charge in [-0.3, -0.25) is 0 Å². The molecule has 0 saturated carbocycles. The average Bonchev–Trinajstić information content (AvgIpc) is 2.92. The van der Waals surface area contributed by atoms with E-state index < -0.39 is 14.6 Å². The molecule has 0 aliphatic rings. The number of rotatable bonds is 5. The predicted molar refractivity (Wildman–Crippen MR) is 84.4 cm³/mol. The first kappa shape index (κ1) is 16.5. The molecule has 0 amide bonds. The van der Waals surface area contributed by atoms with Crippen molar-refractivity contribution >= 4 is 15.5 Å². The number of nitrogens with one attached hydrogen (secondary N) is 1. The molecule has 0 unspecified atom stereocenters. The van der Waals surface area contributed by atoms with Crippen molar-refractivity contribution in [2.45, 2.75) is 50.4 Å². The summed E-state index contributed by atoms with van der Waals surface area (Å²) in [4.78, 5) is 4.05. The summed E-state index contributed by atoms with van der Waals surface area (Å²) in [5, 5.41) is 7.12. The molecule has 0 radical (unpaired) electrons. The molecule has 2 heterocycles. The highest BCUT2D eigenvalue weighted by molar-refractivity contribution is 7.92. The predicted octanol–water partition coefficient (Wildman–Crippen LogP) is 2.82. The van der Waals surface area contributed by atoms with E-state index in [1.165, 1.54) is 12.3 Å². The number of anilines is 1. The lowest BCUT2D eigenvalue weighted by atomic mass is 10.3. The Morgan fingerprint density at radius 2 is 2.00 bits per heavy atom. The summed E-state index contributed by atoms with van der Waals surface area (Å²) in [5.41, 5.74) is 1.63. The Hall–Kier alpha value is -1.89. The quantitative estimate of drug-likeness (QED) is 0.910. The van der Waals surface area contributed by atoms with Crippen LogP contribution in [0.4, 0.5) is 5.69 Å². The highest BCUT2D eigenvalue weighted by atomic mass is 32.2. The van der Waals surface area contributed by atoms with Crippen molar-refractivity contribution in [1.82, 2.24) is 10.1 Å². The molecule has 22 heavy (non-hydrogen) atoms. The molecule has 120 valence electrons. The van der Waals surface area contributed by atoms with Gasteiger partial charge in [0.25, 0.3) is 0 Å². The van der Waals surface area contributed by atoms with Crippen LogP contribution in [0.5, 0.6) is 0 Å². The molecule has 0 saturated heterocycles. The molecule has 2 aromatic heterocycles. The Balaban J connectivity index is 2.06. The summed E-state index contributed by atoms with van der Waals surface area (Å²) >= 11 is 0. The van der Waals surface area contributed by atoms with Crippen LogP contribution in [0, 0.1) is 0 Å². The lowest BCUT2D eigenvalue weighted by Gasteiger charge is -2.18. The molecule has 1 N–H and O–H groups in total. The van der Waals surface area contributed by atoms with Gasteiger partial charge in [-0.2, -0.15) is 0 Å². The van der Waals surface area contributed by atoms with Gasteiger partial charge in [-0.05, 0) is 39.3 Å². The Morgan fingerprint density at radius 1 is 1.27 bits per heavy atom. The van der Waals surface area contributed by atoms with E-state index in [-0.39, 0.29) is 5.03 Å². The van der Waals surface area contributed by atoms with Crippen LogP contribution in [-0.4, -0.2) is 23.3 Å². The fraction of sp³-hybridized carbons (Fsp3) is 0.467. The molecule has 0 aliphatic heterocycles. The van der Waals surface area contributed by atoms with Crippen molar-refractivity contribution in [3.63, 3.8) is 0 Å². The number of pyridine rings is 1. The fourth-order valence-corrected chi connectivity index (χ4v) is 2.82. The first-order valence-electron chi connectivity index (χ1n) is 7.13. The summed E-state index contributed by atoms with van der Waals surface area (Å²) in [5.74, 6) is 0.725. The largest absolute Gasteiger partial charge is 0.376 e. The molecule has 2 aromatic rings. The zero-order chi connectivity index (χ0) is 16.4. The number of hydrogen-bond donors (Lipinski definition) is 1. The van der Waals surface area contributed by atoms with Crippen molar-refractivity contribution in [3.8, 4) is 0 Å². The van der Waals surface area contributed by atoms with Crippen LogP contribution in [-0.2, 0) is 22.8 Å². The van der Waals surface area contributed by atoms with E-state index >= 15 is 0 Å². The summed E-state index contributed by atoms with van der Waals surface area (Å²) in [6, 6.07) is 5.10. The maximum absolute atomic E-state index is 12.3. The molecule has 0 aliphatic carbocycles. The summed E-state index contributed by atoms with van der Waals surface area (Å²) in [6.07, 6.45) is 2.33. The highest BCUT2D eigenvalue weighted by Crippen LogP contribution is 2.23. The van der Waals surface area contributed by atoms with Gasteiger partial charge in [-0.15, -0.1) is 0 Å². The van der Waals surface area contributed by atoms with Gasteiger partial charge in [0.15, 0.2) is 20.6 Å². The van der Waals surface area contributed by atoms with E-state index in [1.807, 2.05) is 13.0 Å². The lowest BCUT2D eigenvalue weighted by molar-refractivity contribution is 0.382. The van der Waals surface area contributed by atoms with Crippen LogP contribution in [0.15, 0.2) is 33.9 Å². The minimum Gasteiger partial charge on any atom is -0.376 e. The van der Waals surface area contributed by atoms with Gasteiger partial charge in [-0.25, -0.2) is 13.4 Å². The third-order valence-electron chi connectivity index (χ3n) is 3.25. The van der Waals surface area contributed by atoms with Crippen LogP contribution in [0.1, 0.15) is 39.1 Å². The summed E-state index contributed by atoms with van der Waals surface area (Å²) in [6.45, 7) is 7.45. The van der Waals surface area contributed by atoms with Crippen molar-refractivity contribution < 1.29 is 12.9 Å². The molecule has 0 aromatic carbocycles. The van der Waals surface area contributed by atoms with E-state index in [9.17, 15) is 8.42 Å². The Labute approximate surface area is 130 Å². The second kappa shape index (κ2) is 6.08. The molecule has 0 fully saturated rings. The van der Waals surface area contributed by atoms with Crippen molar-refractivity contribution in [3.05, 3.63) is 35.9 Å². The van der Waals surface area contributed by atoms with Gasteiger partial charge in [0.1, 0.15) is 0 Å². The van der Waals surface area contributed by atoms with Crippen molar-refractivity contribution in [1.29, 1.82) is 0 Å². The van der Waals surface area contributed by atoms with Gasteiger partial charge >= 0.3 is 0 Å². The zero-order valence-electron chi connectivity index (χ0n) is 13.3. The van der Waals surface area contributed by atoms with Crippen LogP contribution < -0.4 is 5.32 Å². The van der Waals surface area contributed by atoms with Gasteiger partial charge in [0.2, 0.25) is 0 Å². The molecule has 0 spiro atoms. The topological polar surface area (TPSA) is 85.1 Å². The van der Waals surface area contributed by atoms with E-state index in [0.717, 1.165) is 23.6 Å². The third-order valence-corrected chi connectivity index (χ3v) is 5.66. The van der Waals surface area contributed by atoms with E-state index in [0.29, 0.717) is 6.54 Å². The SMILES string of the molecule is CCc1cc(CNc2ccc(S(=O)(=O)C(C)(C)C)nc2)on1. The molecule has 7 heteroatoms. The van der Waals surface area contributed by atoms with Crippen LogP contribution >= 0.6 is 0 Å². The standard InChI is InChI=1S/C15H21N3O3S/c1-5-11-8-13(21-18-11)10-16-12-6-7-14(17-9-12)22(19,20)15(2,3)4/h6-9,16H,5,10H2,1-4H3. The normalized spacial score (nSPS) is 12.4. The smallest absolute Gasteiger partial charge is 0.200 e. The molecule has 2 rings (SSSR count). The van der Waals surface area contributed by atoms with Gasteiger partial charge < -0.3 is 9.84 Å². The van der Waals surface area contributed by atoms with Crippen molar-refractivity contribution in [2.75, 3.05) is 5.32 Å². The van der Waals surface area contributed by atoms with Crippen molar-refractivity contribution in [2.24, 2.45) is 0 Å². The third kappa shape index (κ3) is 3.47. The Kier molecular flexibility index (Phi) is 4.55. The van der Waals surface area contributed by atoms with Gasteiger partial charge in [-0.1, -0.05) is 12.1 Å². The number of sulfone groups is 1. The second-order valence-electron chi connectivity index (χ2n) is 5.99. The van der Waals surface area contributed by atoms with E-state index in [2.05, 4.69) is 15.5 Å². The molecule has 0 bridgehead atoms. The Bertz CT molecular complexity index is 728. The van der Waals surface area contributed by atoms with Gasteiger partial charge in [0.05, 0.1) is 28.9 Å². The summed E-state index contributed by atoms with van der Waals surface area (Å²) in [7, 11) is -3.43. The van der Waals surface area contributed by atoms with E-state index in [1.54, 1.807) is 26.8 Å². The average molecular weight is 323 g/mol. The molecular formula is C15H21N3O3S. The lowest BCUT2D eigenvalue weighted by Crippen LogP contribution is -2.28. The number of hydrogen-bond acceptors (Lipinski definition) is 6. The Morgan fingerprint density at radius 3 is 2.50 bits per heavy atom. The van der Waals surface area contributed by atoms with Gasteiger partial charge in [0, 0.05) is 6.07 Å². The minimum absolute atomic E-state index is 0.0819. The van der Waals surface area contributed by atoms with E-state index in [4.69, 9.17) is 4.52 Å². The summed E-state index contributed by atoms with van der Waals surface area (Å²) < 4.78 is 28.8. The molecule has 0 atom stereocenters. The van der Waals surface area contributed by atoms with Crippen LogP contribution in [0.3, 0.4) is 0 Å². The first-order chi connectivity index (χ1) is 10.2. The van der Waals surface area contributed by atoms with Crippen LogP contribution in [0.2, 0.25) is 0 Å². The first-order valence-corrected chi connectivity index (χ1v) is 8.61. The van der Waals surface area contributed by atoms with Crippen LogP contribution in [0.25, 0.3) is 0 Å². The maximum atomic E-state index is 12.3. The molecular weight excluding hydrogens is 302 g/mol. The number of nitrogens with zero attached hydrogens (tertiary/aromatic N) is 2. The number of aromatic nitrogens is 2. The zero-order valence-corrected chi connectivity index (χ0v) is 14.1. The fourth-order valence-electron chi connectivity index (χ4n) is 1.75. The second-order valence-corrected chi connectivity index (χ2v) is 8.64.